The lowest BCUT2D eigenvalue weighted by molar-refractivity contribution is 0.00186. The molecule has 0 aromatic rings. The molecule has 1 aliphatic rings. The molecule has 1 rings (SSSR count). The minimum Gasteiger partial charge on any atom is -0.379 e. The van der Waals surface area contributed by atoms with Gasteiger partial charge in [0.1, 0.15) is 0 Å². The van der Waals surface area contributed by atoms with E-state index in [-0.39, 0.29) is 11.6 Å². The fourth-order valence-electron chi connectivity index (χ4n) is 1.72. The van der Waals surface area contributed by atoms with Gasteiger partial charge < -0.3 is 15.2 Å². The molecule has 0 aliphatic heterocycles. The van der Waals surface area contributed by atoms with Gasteiger partial charge in [0, 0.05) is 12.6 Å². The van der Waals surface area contributed by atoms with Crippen LogP contribution in [0, 0.1) is 0 Å². The van der Waals surface area contributed by atoms with Crippen molar-refractivity contribution in [3.05, 3.63) is 0 Å². The number of rotatable bonds is 5. The second-order valence-corrected chi connectivity index (χ2v) is 4.13. The second kappa shape index (κ2) is 4.94. The van der Waals surface area contributed by atoms with E-state index in [2.05, 4.69) is 0 Å². The number of ether oxygens (including phenoxy) is 2. The summed E-state index contributed by atoms with van der Waals surface area (Å²) in [7, 11) is 1.70. The Labute approximate surface area is 80.6 Å². The van der Waals surface area contributed by atoms with E-state index in [1.165, 1.54) is 12.8 Å². The number of nitrogens with two attached hydrogens (primary N) is 1. The zero-order chi connectivity index (χ0) is 9.73. The SMILES string of the molecule is COC(C)COCC1(N)CCCC1. The van der Waals surface area contributed by atoms with Gasteiger partial charge in [-0.1, -0.05) is 12.8 Å². The molecule has 1 atom stereocenters. The van der Waals surface area contributed by atoms with Crippen molar-refractivity contribution in [3.8, 4) is 0 Å². The monoisotopic (exact) mass is 187 g/mol. The number of hydrogen-bond donors (Lipinski definition) is 1. The summed E-state index contributed by atoms with van der Waals surface area (Å²) in [5.74, 6) is 0. The first kappa shape index (κ1) is 11.0. The van der Waals surface area contributed by atoms with Crippen molar-refractivity contribution in [1.29, 1.82) is 0 Å². The van der Waals surface area contributed by atoms with Gasteiger partial charge in [0.05, 0.1) is 19.3 Å². The van der Waals surface area contributed by atoms with E-state index < -0.39 is 0 Å². The van der Waals surface area contributed by atoms with Crippen LogP contribution < -0.4 is 5.73 Å². The van der Waals surface area contributed by atoms with Crippen molar-refractivity contribution in [2.24, 2.45) is 5.73 Å². The highest BCUT2D eigenvalue weighted by Crippen LogP contribution is 2.27. The molecule has 0 saturated heterocycles. The van der Waals surface area contributed by atoms with Gasteiger partial charge in [-0.05, 0) is 19.8 Å². The fourth-order valence-corrected chi connectivity index (χ4v) is 1.72. The summed E-state index contributed by atoms with van der Waals surface area (Å²) in [6.07, 6.45) is 4.88. The van der Waals surface area contributed by atoms with E-state index in [9.17, 15) is 0 Å². The average molecular weight is 187 g/mol. The van der Waals surface area contributed by atoms with E-state index in [0.717, 1.165) is 12.8 Å². The molecule has 78 valence electrons. The molecule has 3 nitrogen and oxygen atoms in total. The third-order valence-corrected chi connectivity index (χ3v) is 2.74. The topological polar surface area (TPSA) is 44.5 Å². The van der Waals surface area contributed by atoms with Crippen molar-refractivity contribution in [3.63, 3.8) is 0 Å². The Morgan fingerprint density at radius 3 is 2.54 bits per heavy atom. The van der Waals surface area contributed by atoms with Crippen LogP contribution in [0.1, 0.15) is 32.6 Å². The molecule has 0 aromatic heterocycles. The molecule has 1 saturated carbocycles. The highest BCUT2D eigenvalue weighted by molar-refractivity contribution is 4.88. The van der Waals surface area contributed by atoms with Gasteiger partial charge in [-0.25, -0.2) is 0 Å². The van der Waals surface area contributed by atoms with E-state index in [4.69, 9.17) is 15.2 Å². The smallest absolute Gasteiger partial charge is 0.0776 e. The molecule has 0 spiro atoms. The molecule has 1 unspecified atom stereocenters. The molecule has 1 fully saturated rings. The minimum atomic E-state index is -0.0482. The minimum absolute atomic E-state index is 0.0482. The first-order chi connectivity index (χ1) is 6.16. The van der Waals surface area contributed by atoms with Crippen LogP contribution in [0.15, 0.2) is 0 Å². The molecule has 0 bridgehead atoms. The maximum atomic E-state index is 6.12. The fraction of sp³-hybridized carbons (Fsp3) is 1.00. The van der Waals surface area contributed by atoms with Crippen molar-refractivity contribution in [2.45, 2.75) is 44.2 Å². The predicted octanol–water partition coefficient (Wildman–Crippen LogP) is 1.31. The lowest BCUT2D eigenvalue weighted by atomic mass is 10.0. The zero-order valence-corrected chi connectivity index (χ0v) is 8.71. The summed E-state index contributed by atoms with van der Waals surface area (Å²) in [5.41, 5.74) is 6.07. The van der Waals surface area contributed by atoms with Crippen LogP contribution in [0.3, 0.4) is 0 Å². The van der Waals surface area contributed by atoms with Crippen LogP contribution in [0.4, 0.5) is 0 Å². The van der Waals surface area contributed by atoms with E-state index in [0.29, 0.717) is 13.2 Å². The van der Waals surface area contributed by atoms with E-state index >= 15 is 0 Å². The van der Waals surface area contributed by atoms with Crippen LogP contribution in [-0.2, 0) is 9.47 Å². The third-order valence-electron chi connectivity index (χ3n) is 2.74. The molecule has 3 heteroatoms. The van der Waals surface area contributed by atoms with E-state index in [1.807, 2.05) is 6.92 Å². The van der Waals surface area contributed by atoms with Crippen LogP contribution in [0.2, 0.25) is 0 Å². The van der Waals surface area contributed by atoms with Crippen molar-refractivity contribution in [1.82, 2.24) is 0 Å². The van der Waals surface area contributed by atoms with Gasteiger partial charge >= 0.3 is 0 Å². The summed E-state index contributed by atoms with van der Waals surface area (Å²) in [6.45, 7) is 3.33. The highest BCUT2D eigenvalue weighted by atomic mass is 16.5. The van der Waals surface area contributed by atoms with E-state index in [1.54, 1.807) is 7.11 Å². The second-order valence-electron chi connectivity index (χ2n) is 4.13. The highest BCUT2D eigenvalue weighted by Gasteiger charge is 2.29. The molecule has 1 aliphatic carbocycles. The first-order valence-electron chi connectivity index (χ1n) is 5.06. The molecule has 0 aromatic carbocycles. The van der Waals surface area contributed by atoms with Crippen LogP contribution in [0.25, 0.3) is 0 Å². The van der Waals surface area contributed by atoms with Crippen LogP contribution in [-0.4, -0.2) is 32.0 Å². The normalized spacial score (nSPS) is 23.3. The van der Waals surface area contributed by atoms with Gasteiger partial charge in [-0.3, -0.25) is 0 Å². The number of hydrogen-bond acceptors (Lipinski definition) is 3. The lowest BCUT2D eigenvalue weighted by Gasteiger charge is -2.23. The standard InChI is InChI=1S/C10H21NO2/c1-9(12-2)7-13-8-10(11)5-3-4-6-10/h9H,3-8,11H2,1-2H3. The summed E-state index contributed by atoms with van der Waals surface area (Å²) in [6, 6.07) is 0. The summed E-state index contributed by atoms with van der Waals surface area (Å²) >= 11 is 0. The van der Waals surface area contributed by atoms with Gasteiger partial charge in [-0.2, -0.15) is 0 Å². The Bertz CT molecular complexity index is 144. The quantitative estimate of drug-likeness (QED) is 0.705. The maximum absolute atomic E-state index is 6.12. The van der Waals surface area contributed by atoms with Crippen molar-refractivity contribution >= 4 is 0 Å². The Balaban J connectivity index is 2.11. The van der Waals surface area contributed by atoms with Crippen molar-refractivity contribution in [2.75, 3.05) is 20.3 Å². The van der Waals surface area contributed by atoms with Crippen molar-refractivity contribution < 1.29 is 9.47 Å². The van der Waals surface area contributed by atoms with Crippen LogP contribution in [0.5, 0.6) is 0 Å². The molecular weight excluding hydrogens is 166 g/mol. The molecule has 0 heterocycles. The summed E-state index contributed by atoms with van der Waals surface area (Å²) in [4.78, 5) is 0. The third kappa shape index (κ3) is 3.63. The summed E-state index contributed by atoms with van der Waals surface area (Å²) < 4.78 is 10.6. The predicted molar refractivity (Wildman–Crippen MR) is 52.7 cm³/mol. The van der Waals surface area contributed by atoms with Gasteiger partial charge in [0.15, 0.2) is 0 Å². The number of methoxy groups -OCH3 is 1. The van der Waals surface area contributed by atoms with Gasteiger partial charge in [-0.15, -0.1) is 0 Å². The Kier molecular flexibility index (Phi) is 4.16. The van der Waals surface area contributed by atoms with Gasteiger partial charge in [0.2, 0.25) is 0 Å². The first-order valence-corrected chi connectivity index (χ1v) is 5.06. The zero-order valence-electron chi connectivity index (χ0n) is 8.71. The summed E-state index contributed by atoms with van der Waals surface area (Å²) in [5, 5.41) is 0. The molecule has 2 N–H and O–H groups in total. The maximum Gasteiger partial charge on any atom is 0.0776 e. The Morgan fingerprint density at radius 1 is 1.38 bits per heavy atom. The molecule has 0 amide bonds. The molecular formula is C10H21NO2. The Morgan fingerprint density at radius 2 is 2.00 bits per heavy atom. The molecule has 0 radical (unpaired) electrons. The average Bonchev–Trinajstić information content (AvgIpc) is 2.52. The Hall–Kier alpha value is -0.120. The van der Waals surface area contributed by atoms with Gasteiger partial charge in [0.25, 0.3) is 0 Å². The molecule has 13 heavy (non-hydrogen) atoms. The lowest BCUT2D eigenvalue weighted by Crippen LogP contribution is -2.42. The van der Waals surface area contributed by atoms with Crippen LogP contribution >= 0.6 is 0 Å². The largest absolute Gasteiger partial charge is 0.379 e.